The number of methoxy groups -OCH3 is 2. The highest BCUT2D eigenvalue weighted by Crippen LogP contribution is 2.31. The highest BCUT2D eigenvalue weighted by molar-refractivity contribution is 6.13. The largest absolute Gasteiger partial charge is 0.496 e. The molecular formula is C19H15F2NO5. The number of benzene rings is 2. The predicted molar refractivity (Wildman–Crippen MR) is 93.2 cm³/mol. The molecule has 0 bridgehead atoms. The van der Waals surface area contributed by atoms with E-state index in [0.717, 1.165) is 0 Å². The lowest BCUT2D eigenvalue weighted by Crippen LogP contribution is -2.06. The van der Waals surface area contributed by atoms with Gasteiger partial charge in [0.1, 0.15) is 5.75 Å². The lowest BCUT2D eigenvalue weighted by Gasteiger charge is -2.10. The number of alkyl halides is 2. The van der Waals surface area contributed by atoms with Crippen LogP contribution in [0.4, 0.5) is 8.78 Å². The molecule has 0 aliphatic carbocycles. The molecule has 2 aromatic rings. The minimum Gasteiger partial charge on any atom is -0.496 e. The van der Waals surface area contributed by atoms with Crippen LogP contribution in [0, 0.1) is 0 Å². The molecule has 140 valence electrons. The number of halogens is 2. The molecule has 3 rings (SSSR count). The first-order valence-electron chi connectivity index (χ1n) is 7.80. The van der Waals surface area contributed by atoms with Crippen molar-refractivity contribution >= 4 is 17.9 Å². The van der Waals surface area contributed by atoms with Crippen LogP contribution in [0.2, 0.25) is 0 Å². The van der Waals surface area contributed by atoms with Crippen molar-refractivity contribution in [3.63, 3.8) is 0 Å². The Kier molecular flexibility index (Phi) is 5.35. The van der Waals surface area contributed by atoms with Crippen molar-refractivity contribution in [2.75, 3.05) is 14.2 Å². The van der Waals surface area contributed by atoms with Crippen molar-refractivity contribution in [2.24, 2.45) is 4.99 Å². The number of cyclic esters (lactones) is 1. The summed E-state index contributed by atoms with van der Waals surface area (Å²) >= 11 is 0. The Morgan fingerprint density at radius 3 is 2.48 bits per heavy atom. The molecular weight excluding hydrogens is 360 g/mol. The third kappa shape index (κ3) is 4.05. The van der Waals surface area contributed by atoms with Crippen LogP contribution in [0.5, 0.6) is 17.2 Å². The fraction of sp³-hybridized carbons (Fsp3) is 0.158. The standard InChI is InChI=1S/C19H15F2NO5/c1-24-14-6-4-3-5-12(14)17-22-13(18(23)27-17)9-11-7-8-15(26-19(20)21)16(10-11)25-2/h3-10,19H,1-2H3/b13-9-. The van der Waals surface area contributed by atoms with Gasteiger partial charge in [0.25, 0.3) is 0 Å². The molecule has 2 aromatic carbocycles. The van der Waals surface area contributed by atoms with E-state index in [4.69, 9.17) is 14.2 Å². The van der Waals surface area contributed by atoms with Gasteiger partial charge in [-0.1, -0.05) is 18.2 Å². The van der Waals surface area contributed by atoms with Crippen LogP contribution >= 0.6 is 0 Å². The molecule has 1 aliphatic heterocycles. The van der Waals surface area contributed by atoms with Crippen molar-refractivity contribution in [3.05, 3.63) is 59.3 Å². The second-order valence-corrected chi connectivity index (χ2v) is 5.33. The third-order valence-electron chi connectivity index (χ3n) is 3.67. The average molecular weight is 375 g/mol. The molecule has 27 heavy (non-hydrogen) atoms. The van der Waals surface area contributed by atoms with Gasteiger partial charge in [0.15, 0.2) is 17.2 Å². The number of carbonyl (C=O) groups is 1. The second-order valence-electron chi connectivity index (χ2n) is 5.33. The number of carbonyl (C=O) groups excluding carboxylic acids is 1. The first-order valence-corrected chi connectivity index (χ1v) is 7.80. The summed E-state index contributed by atoms with van der Waals surface area (Å²) in [5.74, 6) is -0.0108. The average Bonchev–Trinajstić information content (AvgIpc) is 3.02. The molecule has 0 atom stereocenters. The van der Waals surface area contributed by atoms with Crippen molar-refractivity contribution in [1.82, 2.24) is 0 Å². The molecule has 0 amide bonds. The van der Waals surface area contributed by atoms with E-state index in [1.54, 1.807) is 24.3 Å². The maximum absolute atomic E-state index is 12.4. The van der Waals surface area contributed by atoms with Crippen LogP contribution in [0.15, 0.2) is 53.2 Å². The number of hydrogen-bond donors (Lipinski definition) is 0. The molecule has 6 nitrogen and oxygen atoms in total. The number of nitrogens with zero attached hydrogens (tertiary/aromatic N) is 1. The molecule has 0 saturated heterocycles. The highest BCUT2D eigenvalue weighted by Gasteiger charge is 2.26. The summed E-state index contributed by atoms with van der Waals surface area (Å²) in [6.45, 7) is -2.97. The fourth-order valence-electron chi connectivity index (χ4n) is 2.47. The van der Waals surface area contributed by atoms with Crippen LogP contribution in [-0.2, 0) is 9.53 Å². The number of rotatable bonds is 6. The summed E-state index contributed by atoms with van der Waals surface area (Å²) in [6.07, 6.45) is 1.46. The van der Waals surface area contributed by atoms with E-state index < -0.39 is 12.6 Å². The van der Waals surface area contributed by atoms with E-state index in [2.05, 4.69) is 9.73 Å². The van der Waals surface area contributed by atoms with Gasteiger partial charge in [-0.05, 0) is 35.9 Å². The molecule has 0 unspecified atom stereocenters. The Labute approximate surface area is 153 Å². The normalized spacial score (nSPS) is 14.9. The maximum atomic E-state index is 12.4. The summed E-state index contributed by atoms with van der Waals surface area (Å²) in [6, 6.07) is 11.3. The molecule has 0 N–H and O–H groups in total. The zero-order valence-corrected chi connectivity index (χ0v) is 14.4. The van der Waals surface area contributed by atoms with Gasteiger partial charge in [-0.15, -0.1) is 0 Å². The molecule has 1 heterocycles. The lowest BCUT2D eigenvalue weighted by atomic mass is 10.1. The fourth-order valence-corrected chi connectivity index (χ4v) is 2.47. The van der Waals surface area contributed by atoms with Crippen molar-refractivity contribution in [3.8, 4) is 17.2 Å². The van der Waals surface area contributed by atoms with Gasteiger partial charge in [-0.25, -0.2) is 9.79 Å². The molecule has 0 fully saturated rings. The molecule has 0 saturated carbocycles. The monoisotopic (exact) mass is 375 g/mol. The Morgan fingerprint density at radius 1 is 1.04 bits per heavy atom. The second kappa shape index (κ2) is 7.86. The SMILES string of the molecule is COc1cc(/C=C2\N=C(c3ccccc3OC)OC2=O)ccc1OC(F)F. The predicted octanol–water partition coefficient (Wildman–Crippen LogP) is 3.65. The first-order chi connectivity index (χ1) is 13.0. The Balaban J connectivity index is 1.93. The Bertz CT molecular complexity index is 924. The Hall–Kier alpha value is -3.42. The molecule has 8 heteroatoms. The van der Waals surface area contributed by atoms with Gasteiger partial charge in [-0.3, -0.25) is 0 Å². The van der Waals surface area contributed by atoms with Crippen LogP contribution in [-0.4, -0.2) is 32.7 Å². The summed E-state index contributed by atoms with van der Waals surface area (Å²) in [5.41, 5.74) is 1.10. The van der Waals surface area contributed by atoms with Gasteiger partial charge in [-0.2, -0.15) is 8.78 Å². The number of esters is 1. The van der Waals surface area contributed by atoms with E-state index in [0.29, 0.717) is 16.9 Å². The van der Waals surface area contributed by atoms with Crippen LogP contribution in [0.25, 0.3) is 6.08 Å². The number of hydrogen-bond acceptors (Lipinski definition) is 6. The van der Waals surface area contributed by atoms with E-state index >= 15 is 0 Å². The van der Waals surface area contributed by atoms with Gasteiger partial charge in [0.2, 0.25) is 5.90 Å². The maximum Gasteiger partial charge on any atom is 0.387 e. The van der Waals surface area contributed by atoms with Gasteiger partial charge in [0.05, 0.1) is 19.8 Å². The molecule has 0 spiro atoms. The van der Waals surface area contributed by atoms with E-state index in [9.17, 15) is 13.6 Å². The van der Waals surface area contributed by atoms with Crippen LogP contribution < -0.4 is 14.2 Å². The zero-order valence-electron chi connectivity index (χ0n) is 14.4. The zero-order chi connectivity index (χ0) is 19.4. The van der Waals surface area contributed by atoms with Crippen molar-refractivity contribution in [1.29, 1.82) is 0 Å². The van der Waals surface area contributed by atoms with Gasteiger partial charge >= 0.3 is 12.6 Å². The number of ether oxygens (including phenoxy) is 4. The van der Waals surface area contributed by atoms with Gasteiger partial charge < -0.3 is 18.9 Å². The van der Waals surface area contributed by atoms with Crippen molar-refractivity contribution < 1.29 is 32.5 Å². The molecule has 1 aliphatic rings. The summed E-state index contributed by atoms with van der Waals surface area (Å²) in [4.78, 5) is 16.3. The minimum absolute atomic E-state index is 0.0560. The summed E-state index contributed by atoms with van der Waals surface area (Å²) in [5, 5.41) is 0. The summed E-state index contributed by atoms with van der Waals surface area (Å²) < 4.78 is 44.7. The summed E-state index contributed by atoms with van der Waals surface area (Å²) in [7, 11) is 2.83. The quantitative estimate of drug-likeness (QED) is 0.570. The smallest absolute Gasteiger partial charge is 0.387 e. The molecule has 0 radical (unpaired) electrons. The van der Waals surface area contributed by atoms with Crippen molar-refractivity contribution in [2.45, 2.75) is 6.61 Å². The number of para-hydroxylation sites is 1. The minimum atomic E-state index is -2.97. The Morgan fingerprint density at radius 2 is 1.78 bits per heavy atom. The van der Waals surface area contributed by atoms with E-state index in [1.165, 1.54) is 38.5 Å². The first kappa shape index (κ1) is 18.4. The van der Waals surface area contributed by atoms with E-state index in [-0.39, 0.29) is 23.1 Å². The van der Waals surface area contributed by atoms with E-state index in [1.807, 2.05) is 0 Å². The van der Waals surface area contributed by atoms with Gasteiger partial charge in [0, 0.05) is 0 Å². The lowest BCUT2D eigenvalue weighted by molar-refractivity contribution is -0.129. The van der Waals surface area contributed by atoms with Crippen LogP contribution in [0.1, 0.15) is 11.1 Å². The highest BCUT2D eigenvalue weighted by atomic mass is 19.3. The third-order valence-corrected chi connectivity index (χ3v) is 3.67. The van der Waals surface area contributed by atoms with Crippen LogP contribution in [0.3, 0.4) is 0 Å². The number of aliphatic imine (C=N–C) groups is 1. The molecule has 0 aromatic heterocycles. The topological polar surface area (TPSA) is 66.3 Å².